The van der Waals surface area contributed by atoms with Crippen molar-refractivity contribution >= 4 is 17.1 Å². The molecule has 0 atom stereocenters. The van der Waals surface area contributed by atoms with Gasteiger partial charge in [-0.1, -0.05) is 31.0 Å². The summed E-state index contributed by atoms with van der Waals surface area (Å²) < 4.78 is 24.0. The minimum Gasteiger partial charge on any atom is -0.463 e. The molecule has 1 fully saturated rings. The third kappa shape index (κ3) is 3.91. The zero-order chi connectivity index (χ0) is 19.5. The van der Waals surface area contributed by atoms with Gasteiger partial charge in [0.1, 0.15) is 24.3 Å². The fourth-order valence-electron chi connectivity index (χ4n) is 3.52. The maximum absolute atomic E-state index is 13.1. The first-order valence-corrected chi connectivity index (χ1v) is 9.34. The van der Waals surface area contributed by atoms with Crippen LogP contribution in [0.2, 0.25) is 0 Å². The highest BCUT2D eigenvalue weighted by atomic mass is 19.1. The standard InChI is InChI=1S/C22H20FNO4/c23-16-8-6-15(7-9-16)19-13-27-20-11-14(5-10-18(20)21(19)25)12-28-22(26)24-17-3-1-2-4-17/h5-11,13,17H,1-4,12H2,(H,24,26). The summed E-state index contributed by atoms with van der Waals surface area (Å²) >= 11 is 0. The van der Waals surface area contributed by atoms with Gasteiger partial charge in [-0.2, -0.15) is 0 Å². The Bertz CT molecular complexity index is 1050. The summed E-state index contributed by atoms with van der Waals surface area (Å²) in [5.41, 5.74) is 1.90. The van der Waals surface area contributed by atoms with E-state index in [1.165, 1.54) is 18.4 Å². The molecule has 2 aromatic carbocycles. The van der Waals surface area contributed by atoms with Gasteiger partial charge < -0.3 is 14.5 Å². The Morgan fingerprint density at radius 3 is 2.64 bits per heavy atom. The Morgan fingerprint density at radius 1 is 1.14 bits per heavy atom. The van der Waals surface area contributed by atoms with Gasteiger partial charge in [-0.15, -0.1) is 0 Å². The topological polar surface area (TPSA) is 68.5 Å². The molecule has 5 nitrogen and oxygen atoms in total. The molecule has 0 bridgehead atoms. The molecule has 6 heteroatoms. The number of halogens is 1. The smallest absolute Gasteiger partial charge is 0.407 e. The van der Waals surface area contributed by atoms with Gasteiger partial charge in [0.2, 0.25) is 0 Å². The number of benzene rings is 2. The maximum atomic E-state index is 13.1. The van der Waals surface area contributed by atoms with Crippen LogP contribution in [-0.2, 0) is 11.3 Å². The van der Waals surface area contributed by atoms with Crippen LogP contribution < -0.4 is 10.7 Å². The zero-order valence-corrected chi connectivity index (χ0v) is 15.2. The first-order chi connectivity index (χ1) is 13.6. The molecule has 1 aromatic heterocycles. The molecule has 0 spiro atoms. The van der Waals surface area contributed by atoms with Crippen LogP contribution in [0, 0.1) is 5.82 Å². The van der Waals surface area contributed by atoms with Crippen LogP contribution in [-0.4, -0.2) is 12.1 Å². The number of ether oxygens (including phenoxy) is 1. The third-order valence-electron chi connectivity index (χ3n) is 5.04. The summed E-state index contributed by atoms with van der Waals surface area (Å²) in [4.78, 5) is 24.6. The Morgan fingerprint density at radius 2 is 1.89 bits per heavy atom. The minimum atomic E-state index is -0.430. The normalized spacial score (nSPS) is 14.3. The molecule has 1 saturated carbocycles. The predicted molar refractivity (Wildman–Crippen MR) is 103 cm³/mol. The molecule has 1 aliphatic carbocycles. The van der Waals surface area contributed by atoms with Crippen molar-refractivity contribution in [2.75, 3.05) is 0 Å². The van der Waals surface area contributed by atoms with E-state index < -0.39 is 6.09 Å². The lowest BCUT2D eigenvalue weighted by atomic mass is 10.0. The molecular formula is C22H20FNO4. The van der Waals surface area contributed by atoms with Crippen LogP contribution in [0.15, 0.2) is 57.9 Å². The van der Waals surface area contributed by atoms with Crippen molar-refractivity contribution in [3.8, 4) is 11.1 Å². The fourth-order valence-corrected chi connectivity index (χ4v) is 3.52. The van der Waals surface area contributed by atoms with Crippen molar-refractivity contribution in [2.45, 2.75) is 38.3 Å². The molecule has 144 valence electrons. The van der Waals surface area contributed by atoms with Gasteiger partial charge >= 0.3 is 6.09 Å². The van der Waals surface area contributed by atoms with Crippen molar-refractivity contribution in [1.29, 1.82) is 0 Å². The molecule has 0 unspecified atom stereocenters. The van der Waals surface area contributed by atoms with E-state index in [1.54, 1.807) is 30.3 Å². The van der Waals surface area contributed by atoms with E-state index in [4.69, 9.17) is 9.15 Å². The van der Waals surface area contributed by atoms with Crippen molar-refractivity contribution in [3.05, 3.63) is 70.3 Å². The molecule has 0 aliphatic heterocycles. The summed E-state index contributed by atoms with van der Waals surface area (Å²) in [6, 6.07) is 11.0. The molecule has 1 heterocycles. The van der Waals surface area contributed by atoms with E-state index in [9.17, 15) is 14.0 Å². The van der Waals surface area contributed by atoms with E-state index in [-0.39, 0.29) is 23.9 Å². The number of fused-ring (bicyclic) bond motifs is 1. The lowest BCUT2D eigenvalue weighted by molar-refractivity contribution is 0.136. The van der Waals surface area contributed by atoms with E-state index >= 15 is 0 Å². The summed E-state index contributed by atoms with van der Waals surface area (Å²) in [5.74, 6) is -0.365. The molecular weight excluding hydrogens is 361 g/mol. The molecule has 4 rings (SSSR count). The number of carbonyl (C=O) groups excluding carboxylic acids is 1. The second kappa shape index (κ2) is 7.84. The number of alkyl carbamates (subject to hydrolysis) is 1. The lowest BCUT2D eigenvalue weighted by Crippen LogP contribution is -2.32. The quantitative estimate of drug-likeness (QED) is 0.707. The van der Waals surface area contributed by atoms with Gasteiger partial charge in [0.15, 0.2) is 5.43 Å². The number of hydrogen-bond donors (Lipinski definition) is 1. The largest absolute Gasteiger partial charge is 0.463 e. The summed E-state index contributed by atoms with van der Waals surface area (Å²) in [5, 5.41) is 3.28. The average molecular weight is 381 g/mol. The van der Waals surface area contributed by atoms with Crippen LogP contribution in [0.3, 0.4) is 0 Å². The van der Waals surface area contributed by atoms with Crippen LogP contribution in [0.1, 0.15) is 31.2 Å². The second-order valence-electron chi connectivity index (χ2n) is 7.02. The van der Waals surface area contributed by atoms with Crippen LogP contribution >= 0.6 is 0 Å². The molecule has 1 amide bonds. The third-order valence-corrected chi connectivity index (χ3v) is 5.04. The molecule has 28 heavy (non-hydrogen) atoms. The zero-order valence-electron chi connectivity index (χ0n) is 15.2. The molecule has 3 aromatic rings. The van der Waals surface area contributed by atoms with E-state index in [0.717, 1.165) is 31.2 Å². The van der Waals surface area contributed by atoms with Crippen LogP contribution in [0.4, 0.5) is 9.18 Å². The van der Waals surface area contributed by atoms with Gasteiger partial charge in [-0.3, -0.25) is 4.79 Å². The van der Waals surface area contributed by atoms with E-state index in [1.807, 2.05) is 0 Å². The highest BCUT2D eigenvalue weighted by Crippen LogP contribution is 2.21. The average Bonchev–Trinajstić information content (AvgIpc) is 3.20. The van der Waals surface area contributed by atoms with Gasteiger partial charge in [0, 0.05) is 6.04 Å². The van der Waals surface area contributed by atoms with Crippen LogP contribution in [0.5, 0.6) is 0 Å². The number of rotatable bonds is 4. The Labute approximate surface area is 161 Å². The number of carbonyl (C=O) groups is 1. The highest BCUT2D eigenvalue weighted by molar-refractivity contribution is 5.82. The Hall–Kier alpha value is -3.15. The maximum Gasteiger partial charge on any atom is 0.407 e. The second-order valence-corrected chi connectivity index (χ2v) is 7.02. The van der Waals surface area contributed by atoms with Crippen molar-refractivity contribution in [1.82, 2.24) is 5.32 Å². The van der Waals surface area contributed by atoms with Gasteiger partial charge in [0.05, 0.1) is 10.9 Å². The number of amides is 1. The van der Waals surface area contributed by atoms with Crippen LogP contribution in [0.25, 0.3) is 22.1 Å². The van der Waals surface area contributed by atoms with Gasteiger partial charge in [-0.05, 0) is 48.2 Å². The van der Waals surface area contributed by atoms with Gasteiger partial charge in [0.25, 0.3) is 0 Å². The molecule has 0 saturated heterocycles. The first kappa shape index (κ1) is 18.2. The highest BCUT2D eigenvalue weighted by Gasteiger charge is 2.18. The van der Waals surface area contributed by atoms with Gasteiger partial charge in [-0.25, -0.2) is 9.18 Å². The Kier molecular flexibility index (Phi) is 5.10. The number of nitrogens with one attached hydrogen (secondary N) is 1. The van der Waals surface area contributed by atoms with Crippen molar-refractivity contribution in [2.24, 2.45) is 0 Å². The lowest BCUT2D eigenvalue weighted by Gasteiger charge is -2.12. The Balaban J connectivity index is 1.50. The molecule has 0 radical (unpaired) electrons. The minimum absolute atomic E-state index is 0.0952. The van der Waals surface area contributed by atoms with Crippen molar-refractivity contribution in [3.63, 3.8) is 0 Å². The first-order valence-electron chi connectivity index (χ1n) is 9.34. The molecule has 1 N–H and O–H groups in total. The van der Waals surface area contributed by atoms with Crippen molar-refractivity contribution < 1.29 is 18.3 Å². The molecule has 1 aliphatic rings. The fraction of sp³-hybridized carbons (Fsp3) is 0.273. The van der Waals surface area contributed by atoms with E-state index in [0.29, 0.717) is 22.1 Å². The van der Waals surface area contributed by atoms with E-state index in [2.05, 4.69) is 5.32 Å². The summed E-state index contributed by atoms with van der Waals surface area (Å²) in [6.07, 6.45) is 5.19. The summed E-state index contributed by atoms with van der Waals surface area (Å²) in [7, 11) is 0. The SMILES string of the molecule is O=C(NC1CCCC1)OCc1ccc2c(=O)c(-c3ccc(F)cc3)coc2c1. The monoisotopic (exact) mass is 381 g/mol. The number of hydrogen-bond acceptors (Lipinski definition) is 4. The summed E-state index contributed by atoms with van der Waals surface area (Å²) in [6.45, 7) is 0.0952. The predicted octanol–water partition coefficient (Wildman–Crippen LogP) is 4.77.